The monoisotopic (exact) mass is 354 g/mol. The normalized spacial score (nSPS) is 20.5. The molecule has 1 fully saturated rings. The Hall–Kier alpha value is -2.67. The van der Waals surface area contributed by atoms with Crippen molar-refractivity contribution in [1.82, 2.24) is 19.9 Å². The van der Waals surface area contributed by atoms with Crippen LogP contribution in [0.4, 0.5) is 0 Å². The fourth-order valence-electron chi connectivity index (χ4n) is 3.82. The van der Waals surface area contributed by atoms with Crippen molar-refractivity contribution in [1.29, 1.82) is 0 Å². The van der Waals surface area contributed by atoms with E-state index in [2.05, 4.69) is 15.0 Å². The number of benzene rings is 1. The summed E-state index contributed by atoms with van der Waals surface area (Å²) >= 11 is 0. The standard InChI is InChI=1S/C19H22N4O3/c1-26-10-11-2-4-12(5-3-11)15-16(13-6-8-14(24)9-7-13)21-18-17(20-15)22-19(25)23-18/h6-9,11-12,24H,2-5,10H2,1H3,(H2,20,21,22,23,25). The van der Waals surface area contributed by atoms with E-state index in [1.165, 1.54) is 0 Å². The number of hydrogen-bond donors (Lipinski definition) is 3. The van der Waals surface area contributed by atoms with Gasteiger partial charge in [-0.2, -0.15) is 0 Å². The largest absolute Gasteiger partial charge is 0.508 e. The third-order valence-electron chi connectivity index (χ3n) is 5.16. The maximum Gasteiger partial charge on any atom is 0.326 e. The highest BCUT2D eigenvalue weighted by atomic mass is 16.5. The minimum atomic E-state index is -0.308. The predicted octanol–water partition coefficient (Wildman–Crippen LogP) is 2.94. The zero-order chi connectivity index (χ0) is 18.1. The molecule has 0 saturated heterocycles. The van der Waals surface area contributed by atoms with Crippen molar-refractivity contribution in [2.45, 2.75) is 31.6 Å². The van der Waals surface area contributed by atoms with Crippen molar-refractivity contribution >= 4 is 11.3 Å². The first kappa shape index (κ1) is 16.8. The molecule has 26 heavy (non-hydrogen) atoms. The average Bonchev–Trinajstić information content (AvgIpc) is 3.01. The number of methoxy groups -OCH3 is 1. The van der Waals surface area contributed by atoms with Crippen molar-refractivity contribution in [3.05, 3.63) is 40.4 Å². The van der Waals surface area contributed by atoms with Gasteiger partial charge in [0.2, 0.25) is 0 Å². The van der Waals surface area contributed by atoms with Gasteiger partial charge in [0.05, 0.1) is 11.4 Å². The predicted molar refractivity (Wildman–Crippen MR) is 98.2 cm³/mol. The number of aromatic nitrogens is 4. The molecule has 1 aliphatic rings. The van der Waals surface area contributed by atoms with E-state index in [-0.39, 0.29) is 11.4 Å². The molecule has 4 rings (SSSR count). The van der Waals surface area contributed by atoms with E-state index in [4.69, 9.17) is 9.72 Å². The van der Waals surface area contributed by atoms with Crippen molar-refractivity contribution < 1.29 is 9.84 Å². The van der Waals surface area contributed by atoms with Crippen molar-refractivity contribution in [3.63, 3.8) is 0 Å². The molecule has 3 N–H and O–H groups in total. The Balaban J connectivity index is 1.75. The third kappa shape index (κ3) is 3.22. The Labute approximate surface area is 150 Å². The van der Waals surface area contributed by atoms with Crippen LogP contribution < -0.4 is 5.69 Å². The van der Waals surface area contributed by atoms with Crippen molar-refractivity contribution in [2.24, 2.45) is 5.92 Å². The van der Waals surface area contributed by atoms with E-state index in [1.807, 2.05) is 12.1 Å². The van der Waals surface area contributed by atoms with Crippen LogP contribution in [0.2, 0.25) is 0 Å². The smallest absolute Gasteiger partial charge is 0.326 e. The second kappa shape index (κ2) is 6.92. The third-order valence-corrected chi connectivity index (χ3v) is 5.16. The van der Waals surface area contributed by atoms with Crippen molar-refractivity contribution in [3.8, 4) is 17.0 Å². The van der Waals surface area contributed by atoms with Crippen LogP contribution in [0.3, 0.4) is 0 Å². The molecular formula is C19H22N4O3. The number of phenols is 1. The molecule has 2 heterocycles. The van der Waals surface area contributed by atoms with Gasteiger partial charge in [0, 0.05) is 25.2 Å². The average molecular weight is 354 g/mol. The summed E-state index contributed by atoms with van der Waals surface area (Å²) in [5, 5.41) is 9.58. The number of hydrogen-bond acceptors (Lipinski definition) is 5. The van der Waals surface area contributed by atoms with Crippen LogP contribution in [-0.2, 0) is 4.74 Å². The summed E-state index contributed by atoms with van der Waals surface area (Å²) < 4.78 is 5.29. The van der Waals surface area contributed by atoms with Crippen LogP contribution in [0.1, 0.15) is 37.3 Å². The lowest BCUT2D eigenvalue weighted by atomic mass is 9.80. The number of nitrogens with zero attached hydrogens (tertiary/aromatic N) is 2. The first-order chi connectivity index (χ1) is 12.6. The molecule has 1 saturated carbocycles. The zero-order valence-corrected chi connectivity index (χ0v) is 14.7. The fraction of sp³-hybridized carbons (Fsp3) is 0.421. The molecule has 0 unspecified atom stereocenters. The molecule has 1 aliphatic carbocycles. The van der Waals surface area contributed by atoms with Gasteiger partial charge in [-0.15, -0.1) is 0 Å². The first-order valence-corrected chi connectivity index (χ1v) is 8.92. The van der Waals surface area contributed by atoms with E-state index in [9.17, 15) is 9.90 Å². The lowest BCUT2D eigenvalue weighted by Gasteiger charge is -2.28. The number of imidazole rings is 1. The van der Waals surface area contributed by atoms with Gasteiger partial charge in [-0.25, -0.2) is 14.8 Å². The second-order valence-electron chi connectivity index (χ2n) is 6.95. The van der Waals surface area contributed by atoms with Gasteiger partial charge in [-0.05, 0) is 55.9 Å². The first-order valence-electron chi connectivity index (χ1n) is 8.92. The number of ether oxygens (including phenoxy) is 1. The molecule has 0 bridgehead atoms. The summed E-state index contributed by atoms with van der Waals surface area (Å²) in [6, 6.07) is 6.94. The summed E-state index contributed by atoms with van der Waals surface area (Å²) in [6.07, 6.45) is 4.23. The Morgan fingerprint density at radius 2 is 1.73 bits per heavy atom. The van der Waals surface area contributed by atoms with Gasteiger partial charge in [0.15, 0.2) is 11.3 Å². The van der Waals surface area contributed by atoms with E-state index in [0.717, 1.165) is 49.2 Å². The number of phenolic OH excluding ortho intramolecular Hbond substituents is 1. The van der Waals surface area contributed by atoms with E-state index in [1.54, 1.807) is 19.2 Å². The van der Waals surface area contributed by atoms with E-state index in [0.29, 0.717) is 23.1 Å². The number of fused-ring (bicyclic) bond motifs is 1. The van der Waals surface area contributed by atoms with E-state index >= 15 is 0 Å². The molecule has 1 aromatic carbocycles. The van der Waals surface area contributed by atoms with Gasteiger partial charge in [-0.1, -0.05) is 0 Å². The van der Waals surface area contributed by atoms with Gasteiger partial charge in [-0.3, -0.25) is 9.97 Å². The molecule has 136 valence electrons. The quantitative estimate of drug-likeness (QED) is 0.668. The molecular weight excluding hydrogens is 332 g/mol. The number of nitrogens with one attached hydrogen (secondary N) is 2. The molecule has 0 aliphatic heterocycles. The van der Waals surface area contributed by atoms with E-state index < -0.39 is 0 Å². The van der Waals surface area contributed by atoms with Gasteiger partial charge < -0.3 is 9.84 Å². The lowest BCUT2D eigenvalue weighted by Crippen LogP contribution is -2.18. The molecule has 0 spiro atoms. The lowest BCUT2D eigenvalue weighted by molar-refractivity contribution is 0.127. The highest BCUT2D eigenvalue weighted by Gasteiger charge is 2.27. The minimum absolute atomic E-state index is 0.208. The molecule has 3 aromatic rings. The summed E-state index contributed by atoms with van der Waals surface area (Å²) in [7, 11) is 1.75. The van der Waals surface area contributed by atoms with Gasteiger partial charge in [0.25, 0.3) is 0 Å². The summed E-state index contributed by atoms with van der Waals surface area (Å²) in [6.45, 7) is 0.799. The Bertz CT molecular complexity index is 953. The number of aromatic amines is 2. The SMILES string of the molecule is COCC1CCC(c2nc3[nH]c(=O)[nH]c3nc2-c2ccc(O)cc2)CC1. The molecule has 7 nitrogen and oxygen atoms in total. The topological polar surface area (TPSA) is 104 Å². The van der Waals surface area contributed by atoms with Crippen LogP contribution in [0.5, 0.6) is 5.75 Å². The molecule has 2 aromatic heterocycles. The zero-order valence-electron chi connectivity index (χ0n) is 14.7. The van der Waals surface area contributed by atoms with Gasteiger partial charge in [0.1, 0.15) is 5.75 Å². The maximum absolute atomic E-state index is 11.6. The Morgan fingerprint density at radius 1 is 1.08 bits per heavy atom. The van der Waals surface area contributed by atoms with Crippen LogP contribution in [0.25, 0.3) is 22.6 Å². The van der Waals surface area contributed by atoms with Gasteiger partial charge >= 0.3 is 5.69 Å². The minimum Gasteiger partial charge on any atom is -0.508 e. The maximum atomic E-state index is 11.6. The van der Waals surface area contributed by atoms with Crippen LogP contribution in [0, 0.1) is 5.92 Å². The van der Waals surface area contributed by atoms with Crippen LogP contribution in [-0.4, -0.2) is 38.8 Å². The highest BCUT2D eigenvalue weighted by Crippen LogP contribution is 2.39. The van der Waals surface area contributed by atoms with Crippen LogP contribution >= 0.6 is 0 Å². The summed E-state index contributed by atoms with van der Waals surface area (Å²) in [5.74, 6) is 1.10. The van der Waals surface area contributed by atoms with Crippen LogP contribution in [0.15, 0.2) is 29.1 Å². The highest BCUT2D eigenvalue weighted by molar-refractivity contribution is 5.73. The second-order valence-corrected chi connectivity index (χ2v) is 6.95. The number of H-pyrrole nitrogens is 2. The molecule has 0 amide bonds. The number of aromatic hydroxyl groups is 1. The number of rotatable bonds is 4. The Kier molecular flexibility index (Phi) is 4.46. The summed E-state index contributed by atoms with van der Waals surface area (Å²) in [5.41, 5.74) is 3.20. The molecule has 7 heteroatoms. The summed E-state index contributed by atoms with van der Waals surface area (Å²) in [4.78, 5) is 26.5. The Morgan fingerprint density at radius 3 is 2.38 bits per heavy atom. The fourth-order valence-corrected chi connectivity index (χ4v) is 3.82. The van der Waals surface area contributed by atoms with Crippen molar-refractivity contribution in [2.75, 3.05) is 13.7 Å². The molecule has 0 atom stereocenters. The molecule has 0 radical (unpaired) electrons.